The second kappa shape index (κ2) is 12.9. The molecule has 4 rings (SSSR count). The number of carbonyl (C=O) groups excluding carboxylic acids is 1. The molecule has 2 aromatic rings. The van der Waals surface area contributed by atoms with Gasteiger partial charge in [-0.05, 0) is 75.9 Å². The van der Waals surface area contributed by atoms with Crippen molar-refractivity contribution in [3.05, 3.63) is 94.6 Å². The molecule has 0 atom stereocenters. The fourth-order valence-electron chi connectivity index (χ4n) is 3.62. The van der Waals surface area contributed by atoms with Gasteiger partial charge >= 0.3 is 0 Å². The summed E-state index contributed by atoms with van der Waals surface area (Å²) >= 11 is 0. The Balaban J connectivity index is 0.000000179. The van der Waals surface area contributed by atoms with Crippen LogP contribution >= 0.6 is 0 Å². The maximum atomic E-state index is 10.1. The first-order valence-corrected chi connectivity index (χ1v) is 10.8. The molecule has 0 radical (unpaired) electrons. The smallest absolute Gasteiger partial charge is 0.146 e. The van der Waals surface area contributed by atoms with Crippen LogP contribution in [-0.4, -0.2) is 31.3 Å². The molecule has 2 aromatic carbocycles. The van der Waals surface area contributed by atoms with Gasteiger partial charge in [-0.25, -0.2) is 0 Å². The summed E-state index contributed by atoms with van der Waals surface area (Å²) < 4.78 is 0. The Morgan fingerprint density at radius 1 is 1.00 bits per heavy atom. The molecule has 3 nitrogen and oxygen atoms in total. The Bertz CT molecular complexity index is 831. The SMILES string of the molecule is CC1=CC=C(C=O)C1.CN1CCC(c2cccc(CN)c2)CC1.Cc1ccccc1. The molecular weight excluding hydrogens is 368 g/mol. The lowest BCUT2D eigenvalue weighted by Gasteiger charge is -2.29. The van der Waals surface area contributed by atoms with Crippen molar-refractivity contribution >= 4 is 6.29 Å². The van der Waals surface area contributed by atoms with E-state index in [1.807, 2.05) is 37.3 Å². The topological polar surface area (TPSA) is 46.3 Å². The fourth-order valence-corrected chi connectivity index (χ4v) is 3.62. The number of hydrogen-bond acceptors (Lipinski definition) is 3. The van der Waals surface area contributed by atoms with Crippen molar-refractivity contribution in [1.29, 1.82) is 0 Å². The quantitative estimate of drug-likeness (QED) is 0.696. The van der Waals surface area contributed by atoms with Gasteiger partial charge in [0, 0.05) is 6.54 Å². The van der Waals surface area contributed by atoms with E-state index in [-0.39, 0.29) is 0 Å². The van der Waals surface area contributed by atoms with Crippen molar-refractivity contribution in [3.63, 3.8) is 0 Å². The van der Waals surface area contributed by atoms with Crippen molar-refractivity contribution in [2.45, 2.75) is 45.6 Å². The highest BCUT2D eigenvalue weighted by atomic mass is 16.1. The lowest BCUT2D eigenvalue weighted by molar-refractivity contribution is -0.104. The highest BCUT2D eigenvalue weighted by Crippen LogP contribution is 2.27. The number of piperidine rings is 1. The van der Waals surface area contributed by atoms with Gasteiger partial charge in [-0.2, -0.15) is 0 Å². The molecule has 0 spiro atoms. The number of benzene rings is 2. The Kier molecular flexibility index (Phi) is 10.3. The van der Waals surface area contributed by atoms with Crippen molar-refractivity contribution in [3.8, 4) is 0 Å². The zero-order chi connectivity index (χ0) is 21.8. The number of nitrogens with zero attached hydrogens (tertiary/aromatic N) is 1. The molecular formula is C27H36N2O. The van der Waals surface area contributed by atoms with E-state index in [9.17, 15) is 4.79 Å². The number of likely N-dealkylation sites (tertiary alicyclic amines) is 1. The molecule has 1 saturated heterocycles. The van der Waals surface area contributed by atoms with Gasteiger partial charge in [0.05, 0.1) is 0 Å². The third kappa shape index (κ3) is 8.48. The van der Waals surface area contributed by atoms with E-state index in [0.717, 1.165) is 24.2 Å². The summed E-state index contributed by atoms with van der Waals surface area (Å²) in [7, 11) is 2.20. The monoisotopic (exact) mass is 404 g/mol. The molecule has 1 fully saturated rings. The minimum atomic E-state index is 0.653. The van der Waals surface area contributed by atoms with Crippen molar-refractivity contribution in [1.82, 2.24) is 4.90 Å². The fraction of sp³-hybridized carbons (Fsp3) is 0.370. The van der Waals surface area contributed by atoms with Gasteiger partial charge in [-0.3, -0.25) is 4.79 Å². The molecule has 0 aromatic heterocycles. The zero-order valence-electron chi connectivity index (χ0n) is 18.7. The van der Waals surface area contributed by atoms with Crippen LogP contribution in [-0.2, 0) is 11.3 Å². The van der Waals surface area contributed by atoms with Gasteiger partial charge in [-0.15, -0.1) is 0 Å². The Hall–Kier alpha value is -2.49. The van der Waals surface area contributed by atoms with E-state index >= 15 is 0 Å². The van der Waals surface area contributed by atoms with Gasteiger partial charge in [0.1, 0.15) is 6.29 Å². The lowest BCUT2D eigenvalue weighted by Crippen LogP contribution is -2.29. The second-order valence-electron chi connectivity index (χ2n) is 8.23. The third-order valence-electron chi connectivity index (χ3n) is 5.53. The summed E-state index contributed by atoms with van der Waals surface area (Å²) in [4.78, 5) is 12.5. The number of allylic oxidation sites excluding steroid dienone is 4. The molecule has 1 aliphatic heterocycles. The summed E-state index contributed by atoms with van der Waals surface area (Å²) in [6, 6.07) is 19.0. The van der Waals surface area contributed by atoms with Crippen molar-refractivity contribution < 1.29 is 4.79 Å². The molecule has 0 amide bonds. The summed E-state index contributed by atoms with van der Waals surface area (Å²) in [6.45, 7) is 7.20. The van der Waals surface area contributed by atoms with Gasteiger partial charge in [0.15, 0.2) is 0 Å². The maximum Gasteiger partial charge on any atom is 0.146 e. The molecule has 0 unspecified atom stereocenters. The Morgan fingerprint density at radius 2 is 1.70 bits per heavy atom. The number of carbonyl (C=O) groups is 1. The highest BCUT2D eigenvalue weighted by molar-refractivity contribution is 5.76. The molecule has 3 heteroatoms. The maximum absolute atomic E-state index is 10.1. The van der Waals surface area contributed by atoms with Crippen LogP contribution < -0.4 is 5.73 Å². The predicted molar refractivity (Wildman–Crippen MR) is 128 cm³/mol. The Morgan fingerprint density at radius 3 is 2.17 bits per heavy atom. The third-order valence-corrected chi connectivity index (χ3v) is 5.53. The number of aldehydes is 1. The van der Waals surface area contributed by atoms with E-state index in [1.165, 1.54) is 48.2 Å². The summed E-state index contributed by atoms with van der Waals surface area (Å²) in [5.74, 6) is 0.743. The average Bonchev–Trinajstić information content (AvgIpc) is 3.21. The molecule has 2 N–H and O–H groups in total. The standard InChI is InChI=1S/C13H20N2.C7H8O.C7H8/c1-15-7-5-12(6-8-15)13-4-2-3-11(9-13)10-14;1-6-2-3-7(4-6)5-8;1-7-5-3-2-4-6-7/h2-4,9,12H,5-8,10,14H2,1H3;2-3,5H,4H2,1H3;2-6H,1H3. The molecule has 0 bridgehead atoms. The van der Waals surface area contributed by atoms with Crippen LogP contribution in [0.5, 0.6) is 0 Å². The van der Waals surface area contributed by atoms with Crippen LogP contribution in [0.4, 0.5) is 0 Å². The number of hydrogen-bond donors (Lipinski definition) is 1. The van der Waals surface area contributed by atoms with Crippen LogP contribution in [0.1, 0.15) is 48.8 Å². The zero-order valence-corrected chi connectivity index (χ0v) is 18.7. The minimum Gasteiger partial charge on any atom is -0.326 e. The molecule has 0 saturated carbocycles. The average molecular weight is 405 g/mol. The van der Waals surface area contributed by atoms with Gasteiger partial charge in [0.25, 0.3) is 0 Å². The first kappa shape index (κ1) is 23.8. The number of rotatable bonds is 3. The van der Waals surface area contributed by atoms with Gasteiger partial charge in [0.2, 0.25) is 0 Å². The van der Waals surface area contributed by atoms with Crippen LogP contribution in [0.2, 0.25) is 0 Å². The van der Waals surface area contributed by atoms with Crippen molar-refractivity contribution in [2.24, 2.45) is 5.73 Å². The molecule has 30 heavy (non-hydrogen) atoms. The van der Waals surface area contributed by atoms with Gasteiger partial charge < -0.3 is 10.6 Å². The molecule has 2 aliphatic rings. The summed E-state index contributed by atoms with van der Waals surface area (Å²) in [5, 5.41) is 0. The van der Waals surface area contributed by atoms with E-state index < -0.39 is 0 Å². The summed E-state index contributed by atoms with van der Waals surface area (Å²) in [6.07, 6.45) is 8.16. The van der Waals surface area contributed by atoms with Crippen LogP contribution in [0.3, 0.4) is 0 Å². The number of aryl methyl sites for hydroxylation is 1. The predicted octanol–water partition coefficient (Wildman–Crippen LogP) is 5.41. The second-order valence-corrected chi connectivity index (χ2v) is 8.23. The van der Waals surface area contributed by atoms with E-state index in [2.05, 4.69) is 55.3 Å². The van der Waals surface area contributed by atoms with Crippen LogP contribution in [0, 0.1) is 6.92 Å². The van der Waals surface area contributed by atoms with Crippen molar-refractivity contribution in [2.75, 3.05) is 20.1 Å². The molecule has 1 heterocycles. The van der Waals surface area contributed by atoms with E-state index in [4.69, 9.17) is 5.73 Å². The van der Waals surface area contributed by atoms with E-state index in [1.54, 1.807) is 0 Å². The minimum absolute atomic E-state index is 0.653. The van der Waals surface area contributed by atoms with Crippen LogP contribution in [0.25, 0.3) is 0 Å². The number of nitrogens with two attached hydrogens (primary N) is 1. The van der Waals surface area contributed by atoms with Gasteiger partial charge in [-0.1, -0.05) is 77.9 Å². The Labute approximate surface area is 182 Å². The van der Waals surface area contributed by atoms with E-state index in [0.29, 0.717) is 6.54 Å². The molecule has 160 valence electrons. The summed E-state index contributed by atoms with van der Waals surface area (Å²) in [5.41, 5.74) is 11.9. The highest BCUT2D eigenvalue weighted by Gasteiger charge is 2.18. The molecule has 1 aliphatic carbocycles. The lowest BCUT2D eigenvalue weighted by atomic mass is 9.89. The first-order chi connectivity index (χ1) is 14.5. The first-order valence-electron chi connectivity index (χ1n) is 10.8. The van der Waals surface area contributed by atoms with Crippen LogP contribution in [0.15, 0.2) is 77.9 Å². The normalized spacial score (nSPS) is 16.4. The largest absolute Gasteiger partial charge is 0.326 e.